The third-order valence-electron chi connectivity index (χ3n) is 3.46. The van der Waals surface area contributed by atoms with E-state index in [0.717, 1.165) is 7.11 Å². The molecule has 0 N–H and O–H groups in total. The molecule has 0 radical (unpaired) electrons. The largest absolute Gasteiger partial charge is 0.492 e. The average molecular weight is 332 g/mol. The Balaban J connectivity index is 2.30. The predicted molar refractivity (Wildman–Crippen MR) is 84.0 cm³/mol. The number of fused-ring (bicyclic) bond motifs is 1. The van der Waals surface area contributed by atoms with E-state index in [4.69, 9.17) is 10.3 Å². The van der Waals surface area contributed by atoms with Crippen LogP contribution in [0.15, 0.2) is 46.9 Å². The van der Waals surface area contributed by atoms with E-state index in [0.29, 0.717) is 5.56 Å². The van der Waals surface area contributed by atoms with Crippen molar-refractivity contribution in [1.82, 2.24) is 9.97 Å². The molecule has 1 aromatic carbocycles. The van der Waals surface area contributed by atoms with E-state index in [1.165, 1.54) is 0 Å². The monoisotopic (exact) mass is 332 g/mol. The lowest BCUT2D eigenvalue weighted by Crippen LogP contribution is -2.26. The van der Waals surface area contributed by atoms with E-state index in [9.17, 15) is 14.9 Å². The van der Waals surface area contributed by atoms with Crippen molar-refractivity contribution < 1.29 is 14.3 Å². The molecule has 9 nitrogen and oxygen atoms in total. The second-order valence-corrected chi connectivity index (χ2v) is 4.83. The number of benzene rings is 1. The van der Waals surface area contributed by atoms with Crippen LogP contribution in [0, 0.1) is 11.3 Å². The summed E-state index contributed by atoms with van der Waals surface area (Å²) in [5.41, 5.74) is 8.15. The summed E-state index contributed by atoms with van der Waals surface area (Å²) in [5.74, 6) is -2.00. The zero-order chi connectivity index (χ0) is 18.0. The van der Waals surface area contributed by atoms with E-state index >= 15 is 0 Å². The van der Waals surface area contributed by atoms with Gasteiger partial charge in [0.2, 0.25) is 11.6 Å². The molecule has 0 spiro atoms. The van der Waals surface area contributed by atoms with Crippen molar-refractivity contribution in [3.63, 3.8) is 0 Å². The van der Waals surface area contributed by atoms with Crippen LogP contribution in [0.4, 0.5) is 0 Å². The highest BCUT2D eigenvalue weighted by Gasteiger charge is 2.36. The fraction of sp³-hybridized carbons (Fsp3) is 0.0625. The number of nitriles is 1. The molecule has 120 valence electrons. The summed E-state index contributed by atoms with van der Waals surface area (Å²) in [6.45, 7) is 0. The molecular weight excluding hydrogens is 324 g/mol. The van der Waals surface area contributed by atoms with E-state index in [1.54, 1.807) is 30.3 Å². The van der Waals surface area contributed by atoms with Gasteiger partial charge in [-0.1, -0.05) is 35.4 Å². The van der Waals surface area contributed by atoms with Gasteiger partial charge in [-0.15, -0.1) is 0 Å². The SMILES string of the molecule is COC1=C(N=[N+]=[N-])C(=O)c2nc(-c3ccccc3)c(C#N)nc2C1=O. The van der Waals surface area contributed by atoms with Gasteiger partial charge in [-0.3, -0.25) is 9.59 Å². The van der Waals surface area contributed by atoms with Gasteiger partial charge >= 0.3 is 0 Å². The molecule has 1 aliphatic carbocycles. The summed E-state index contributed by atoms with van der Waals surface area (Å²) < 4.78 is 4.88. The molecule has 0 saturated carbocycles. The molecule has 0 bridgehead atoms. The van der Waals surface area contributed by atoms with Crippen LogP contribution < -0.4 is 0 Å². The fourth-order valence-electron chi connectivity index (χ4n) is 2.38. The normalized spacial score (nSPS) is 13.0. The second kappa shape index (κ2) is 6.23. The highest BCUT2D eigenvalue weighted by molar-refractivity contribution is 6.24. The summed E-state index contributed by atoms with van der Waals surface area (Å²) in [7, 11) is 1.16. The molecule has 0 aliphatic heterocycles. The molecule has 0 amide bonds. The van der Waals surface area contributed by atoms with Crippen LogP contribution in [0.2, 0.25) is 0 Å². The molecule has 0 fully saturated rings. The Bertz CT molecular complexity index is 1030. The number of Topliss-reactive ketones (excluding diaryl/α,β-unsaturated/α-hetero) is 2. The number of nitrogens with zero attached hydrogens (tertiary/aromatic N) is 6. The molecule has 9 heteroatoms. The van der Waals surface area contributed by atoms with Crippen LogP contribution in [0.1, 0.15) is 26.7 Å². The number of carbonyl (C=O) groups is 2. The van der Waals surface area contributed by atoms with Crippen LogP contribution >= 0.6 is 0 Å². The minimum absolute atomic E-state index is 0.103. The number of hydrogen-bond donors (Lipinski definition) is 0. The van der Waals surface area contributed by atoms with Crippen LogP contribution in [-0.4, -0.2) is 28.6 Å². The highest BCUT2D eigenvalue weighted by atomic mass is 16.5. The summed E-state index contributed by atoms with van der Waals surface area (Å²) in [6.07, 6.45) is 0. The Morgan fingerprint density at radius 3 is 2.40 bits per heavy atom. The lowest BCUT2D eigenvalue weighted by molar-refractivity contribution is 0.0897. The second-order valence-electron chi connectivity index (χ2n) is 4.83. The first-order chi connectivity index (χ1) is 12.1. The Morgan fingerprint density at radius 2 is 1.80 bits per heavy atom. The first-order valence-electron chi connectivity index (χ1n) is 6.92. The van der Waals surface area contributed by atoms with E-state index < -0.39 is 23.0 Å². The number of hydrogen-bond acceptors (Lipinski definition) is 7. The van der Waals surface area contributed by atoms with Crippen LogP contribution in [-0.2, 0) is 4.74 Å². The molecule has 1 aromatic heterocycles. The lowest BCUT2D eigenvalue weighted by Gasteiger charge is -2.17. The number of methoxy groups -OCH3 is 1. The maximum atomic E-state index is 12.6. The van der Waals surface area contributed by atoms with Crippen molar-refractivity contribution >= 4 is 11.6 Å². The minimum atomic E-state index is -0.793. The maximum Gasteiger partial charge on any atom is 0.248 e. The molecular formula is C16H8N6O3. The van der Waals surface area contributed by atoms with E-state index in [1.807, 2.05) is 6.07 Å². The van der Waals surface area contributed by atoms with Gasteiger partial charge in [-0.2, -0.15) is 5.26 Å². The topological polar surface area (TPSA) is 142 Å². The zero-order valence-corrected chi connectivity index (χ0v) is 12.8. The van der Waals surface area contributed by atoms with Crippen molar-refractivity contribution in [3.8, 4) is 17.3 Å². The number of ether oxygens (including phenoxy) is 1. The van der Waals surface area contributed by atoms with Crippen LogP contribution in [0.25, 0.3) is 21.7 Å². The van der Waals surface area contributed by atoms with E-state index in [-0.39, 0.29) is 22.8 Å². The fourth-order valence-corrected chi connectivity index (χ4v) is 2.38. The highest BCUT2D eigenvalue weighted by Crippen LogP contribution is 2.29. The van der Waals surface area contributed by atoms with Crippen molar-refractivity contribution in [3.05, 3.63) is 69.3 Å². The Labute approximate surface area is 140 Å². The molecule has 1 aliphatic rings. The summed E-state index contributed by atoms with van der Waals surface area (Å²) in [6, 6.07) is 10.5. The molecule has 2 aromatic rings. The van der Waals surface area contributed by atoms with Gasteiger partial charge in [0.15, 0.2) is 11.5 Å². The van der Waals surface area contributed by atoms with Gasteiger partial charge < -0.3 is 4.74 Å². The standard InChI is InChI=1S/C16H8N6O3/c1-25-16-13(21-22-18)14(23)11-12(15(16)24)19-9(7-17)10(20-11)8-5-3-2-4-6-8/h2-6H,1H3. The number of carbonyl (C=O) groups excluding carboxylic acids is 2. The van der Waals surface area contributed by atoms with Crippen molar-refractivity contribution in [1.29, 1.82) is 5.26 Å². The maximum absolute atomic E-state index is 12.6. The lowest BCUT2D eigenvalue weighted by atomic mass is 9.98. The van der Waals surface area contributed by atoms with Gasteiger partial charge in [-0.05, 0) is 5.53 Å². The third-order valence-corrected chi connectivity index (χ3v) is 3.46. The van der Waals surface area contributed by atoms with Crippen molar-refractivity contribution in [2.45, 2.75) is 0 Å². The third kappa shape index (κ3) is 2.49. The zero-order valence-electron chi connectivity index (χ0n) is 12.8. The number of allylic oxidation sites excluding steroid dienone is 2. The molecule has 1 heterocycles. The van der Waals surface area contributed by atoms with Gasteiger partial charge in [0.05, 0.1) is 7.11 Å². The van der Waals surface area contributed by atoms with Gasteiger partial charge in [0.1, 0.15) is 28.8 Å². The Morgan fingerprint density at radius 1 is 1.12 bits per heavy atom. The van der Waals surface area contributed by atoms with Crippen LogP contribution in [0.3, 0.4) is 0 Å². The molecule has 0 unspecified atom stereocenters. The van der Waals surface area contributed by atoms with E-state index in [2.05, 4.69) is 20.0 Å². The van der Waals surface area contributed by atoms with Gasteiger partial charge in [-0.25, -0.2) is 9.97 Å². The molecule has 3 rings (SSSR count). The number of azide groups is 1. The molecule has 0 atom stereocenters. The predicted octanol–water partition coefficient (Wildman–Crippen LogP) is 2.56. The Hall–Kier alpha value is -4.02. The summed E-state index contributed by atoms with van der Waals surface area (Å²) >= 11 is 0. The van der Waals surface area contributed by atoms with Gasteiger partial charge in [0, 0.05) is 10.5 Å². The first kappa shape index (κ1) is 15.9. The smallest absolute Gasteiger partial charge is 0.248 e. The van der Waals surface area contributed by atoms with Crippen molar-refractivity contribution in [2.75, 3.05) is 7.11 Å². The number of ketones is 2. The van der Waals surface area contributed by atoms with Crippen LogP contribution in [0.5, 0.6) is 0 Å². The summed E-state index contributed by atoms with van der Waals surface area (Å²) in [5, 5.41) is 12.6. The van der Waals surface area contributed by atoms with Crippen molar-refractivity contribution in [2.24, 2.45) is 5.11 Å². The minimum Gasteiger partial charge on any atom is -0.492 e. The average Bonchev–Trinajstić information content (AvgIpc) is 2.66. The Kier molecular flexibility index (Phi) is 3.95. The number of aromatic nitrogens is 2. The quantitative estimate of drug-likeness (QED) is 0.480. The summed E-state index contributed by atoms with van der Waals surface area (Å²) in [4.78, 5) is 35.7. The number of rotatable bonds is 3. The first-order valence-corrected chi connectivity index (χ1v) is 6.92. The molecule has 0 saturated heterocycles. The molecule has 25 heavy (non-hydrogen) atoms. The van der Waals surface area contributed by atoms with Gasteiger partial charge in [0.25, 0.3) is 0 Å².